The molecular weight excluding hydrogens is 380 g/mol. The summed E-state index contributed by atoms with van der Waals surface area (Å²) >= 11 is 0. The van der Waals surface area contributed by atoms with Crippen LogP contribution in [0.3, 0.4) is 0 Å². The molecule has 0 bridgehead atoms. The first-order valence-electron chi connectivity index (χ1n) is 12.5. The van der Waals surface area contributed by atoms with E-state index in [1.54, 1.807) is 5.57 Å². The molecule has 0 unspecified atom stereocenters. The fourth-order valence-corrected chi connectivity index (χ4v) is 6.12. The Bertz CT molecular complexity index is 941. The van der Waals surface area contributed by atoms with Crippen LogP contribution in [0.1, 0.15) is 71.2 Å². The van der Waals surface area contributed by atoms with Gasteiger partial charge in [-0.2, -0.15) is 0 Å². The van der Waals surface area contributed by atoms with Crippen molar-refractivity contribution < 1.29 is 0 Å². The van der Waals surface area contributed by atoms with E-state index in [2.05, 4.69) is 72.8 Å². The molecule has 1 N–H and O–H groups in total. The average Bonchev–Trinajstić information content (AvgIpc) is 3.43. The number of piperidine rings is 1. The monoisotopic (exact) mass is 420 g/mol. The molecule has 168 valence electrons. The van der Waals surface area contributed by atoms with E-state index < -0.39 is 0 Å². The van der Waals surface area contributed by atoms with E-state index in [1.807, 2.05) is 0 Å². The molecule has 4 heteroatoms. The van der Waals surface area contributed by atoms with E-state index >= 15 is 0 Å². The minimum Gasteiger partial charge on any atom is -0.324 e. The fraction of sp³-hybridized carbons (Fsp3) is 0.667. The van der Waals surface area contributed by atoms with Gasteiger partial charge in [-0.25, -0.2) is 4.98 Å². The van der Waals surface area contributed by atoms with Gasteiger partial charge < -0.3 is 9.88 Å². The van der Waals surface area contributed by atoms with Crippen molar-refractivity contribution in [3.63, 3.8) is 0 Å². The Kier molecular flexibility index (Phi) is 5.72. The molecule has 2 aliphatic heterocycles. The molecule has 0 spiro atoms. The van der Waals surface area contributed by atoms with Crippen LogP contribution in [0.4, 0.5) is 0 Å². The van der Waals surface area contributed by atoms with E-state index in [4.69, 9.17) is 4.98 Å². The SMILES string of the molecule is C[C@@H]1CC=C(CN2CCC(n3c([C@@H]4CCNC4)nc4ccccc43)CC2)[C@H](C)C1(C)C. The molecule has 5 rings (SSSR count). The van der Waals surface area contributed by atoms with Gasteiger partial charge in [-0.05, 0) is 61.6 Å². The van der Waals surface area contributed by atoms with Crippen molar-refractivity contribution in [2.45, 2.75) is 65.3 Å². The van der Waals surface area contributed by atoms with Gasteiger partial charge in [0.1, 0.15) is 5.82 Å². The molecule has 3 heterocycles. The van der Waals surface area contributed by atoms with Crippen LogP contribution in [0.2, 0.25) is 0 Å². The Labute approximate surface area is 188 Å². The number of nitrogens with zero attached hydrogens (tertiary/aromatic N) is 3. The maximum Gasteiger partial charge on any atom is 0.114 e. The third-order valence-corrected chi connectivity index (χ3v) is 9.05. The Hall–Kier alpha value is -1.65. The first kappa shape index (κ1) is 21.2. The first-order valence-corrected chi connectivity index (χ1v) is 12.5. The number of likely N-dealkylation sites (tertiary alicyclic amines) is 1. The summed E-state index contributed by atoms with van der Waals surface area (Å²) in [6.07, 6.45) is 7.47. The Morgan fingerprint density at radius 1 is 1.10 bits per heavy atom. The van der Waals surface area contributed by atoms with Crippen molar-refractivity contribution in [1.29, 1.82) is 0 Å². The van der Waals surface area contributed by atoms with Crippen LogP contribution in [0.5, 0.6) is 0 Å². The number of hydrogen-bond acceptors (Lipinski definition) is 3. The van der Waals surface area contributed by atoms with Gasteiger partial charge >= 0.3 is 0 Å². The molecular formula is C27H40N4. The van der Waals surface area contributed by atoms with Crippen LogP contribution in [0, 0.1) is 17.3 Å². The van der Waals surface area contributed by atoms with Gasteiger partial charge in [0.15, 0.2) is 0 Å². The molecule has 0 amide bonds. The van der Waals surface area contributed by atoms with Crippen LogP contribution < -0.4 is 5.32 Å². The second-order valence-electron chi connectivity index (χ2n) is 11.0. The number of imidazole rings is 1. The highest BCUT2D eigenvalue weighted by Gasteiger charge is 2.37. The highest BCUT2D eigenvalue weighted by Crippen LogP contribution is 2.45. The molecule has 2 aromatic rings. The fourth-order valence-electron chi connectivity index (χ4n) is 6.12. The largest absolute Gasteiger partial charge is 0.324 e. The molecule has 4 nitrogen and oxygen atoms in total. The van der Waals surface area contributed by atoms with Crippen LogP contribution in [-0.4, -0.2) is 47.2 Å². The Morgan fingerprint density at radius 2 is 1.87 bits per heavy atom. The summed E-state index contributed by atoms with van der Waals surface area (Å²) in [4.78, 5) is 7.82. The number of rotatable bonds is 4. The second kappa shape index (κ2) is 8.37. The Balaban J connectivity index is 1.31. The summed E-state index contributed by atoms with van der Waals surface area (Å²) in [6, 6.07) is 9.34. The van der Waals surface area contributed by atoms with Crippen molar-refractivity contribution in [1.82, 2.24) is 19.8 Å². The minimum atomic E-state index is 0.405. The number of hydrogen-bond donors (Lipinski definition) is 1. The summed E-state index contributed by atoms with van der Waals surface area (Å²) in [5, 5.41) is 3.54. The number of para-hydroxylation sites is 2. The predicted octanol–water partition coefficient (Wildman–Crippen LogP) is 5.38. The van der Waals surface area contributed by atoms with Gasteiger partial charge in [-0.1, -0.05) is 51.5 Å². The molecule has 3 atom stereocenters. The summed E-state index contributed by atoms with van der Waals surface area (Å²) in [6.45, 7) is 15.5. The van der Waals surface area contributed by atoms with Gasteiger partial charge in [0.25, 0.3) is 0 Å². The highest BCUT2D eigenvalue weighted by atomic mass is 15.2. The third kappa shape index (κ3) is 3.87. The lowest BCUT2D eigenvalue weighted by molar-refractivity contribution is 0.131. The topological polar surface area (TPSA) is 33.1 Å². The summed E-state index contributed by atoms with van der Waals surface area (Å²) in [5.74, 6) is 3.33. The van der Waals surface area contributed by atoms with E-state index in [1.165, 1.54) is 55.6 Å². The molecule has 1 aromatic carbocycles. The standard InChI is InChI=1S/C27H40N4/c1-19-9-10-22(20(2)27(19,3)4)18-30-15-12-23(13-16-30)31-25-8-6-5-7-24(25)29-26(31)21-11-14-28-17-21/h5-8,10,19-21,23,28H,9,11-18H2,1-4H3/t19-,20+,21-/m1/s1. The van der Waals surface area contributed by atoms with E-state index in [9.17, 15) is 0 Å². The number of nitrogens with one attached hydrogen (secondary N) is 1. The summed E-state index contributed by atoms with van der Waals surface area (Å²) < 4.78 is 2.62. The van der Waals surface area contributed by atoms with Gasteiger partial charge in [0, 0.05) is 38.1 Å². The lowest BCUT2D eigenvalue weighted by atomic mass is 9.63. The van der Waals surface area contributed by atoms with Gasteiger partial charge in [-0.15, -0.1) is 0 Å². The van der Waals surface area contributed by atoms with Gasteiger partial charge in [0.2, 0.25) is 0 Å². The zero-order valence-corrected chi connectivity index (χ0v) is 19.9. The molecule has 0 radical (unpaired) electrons. The zero-order chi connectivity index (χ0) is 21.6. The lowest BCUT2D eigenvalue weighted by Crippen LogP contribution is -2.40. The average molecular weight is 421 g/mol. The number of aromatic nitrogens is 2. The highest BCUT2D eigenvalue weighted by molar-refractivity contribution is 5.76. The van der Waals surface area contributed by atoms with Gasteiger partial charge in [-0.3, -0.25) is 4.90 Å². The zero-order valence-electron chi connectivity index (χ0n) is 19.9. The third-order valence-electron chi connectivity index (χ3n) is 9.05. The molecule has 1 aromatic heterocycles. The number of fused-ring (bicyclic) bond motifs is 1. The smallest absolute Gasteiger partial charge is 0.114 e. The van der Waals surface area contributed by atoms with Crippen LogP contribution in [-0.2, 0) is 0 Å². The van der Waals surface area contributed by atoms with Crippen molar-refractivity contribution in [2.24, 2.45) is 17.3 Å². The van der Waals surface area contributed by atoms with Crippen LogP contribution >= 0.6 is 0 Å². The number of allylic oxidation sites excluding steroid dienone is 1. The quantitative estimate of drug-likeness (QED) is 0.674. The van der Waals surface area contributed by atoms with Crippen molar-refractivity contribution in [3.8, 4) is 0 Å². The molecule has 31 heavy (non-hydrogen) atoms. The van der Waals surface area contributed by atoms with Crippen LogP contribution in [0.25, 0.3) is 11.0 Å². The van der Waals surface area contributed by atoms with Crippen molar-refractivity contribution >= 4 is 11.0 Å². The Morgan fingerprint density at radius 3 is 2.61 bits per heavy atom. The van der Waals surface area contributed by atoms with E-state index in [0.29, 0.717) is 23.3 Å². The predicted molar refractivity (Wildman–Crippen MR) is 129 cm³/mol. The molecule has 2 saturated heterocycles. The molecule has 0 saturated carbocycles. The molecule has 2 fully saturated rings. The summed E-state index contributed by atoms with van der Waals surface area (Å²) in [5.41, 5.74) is 4.58. The minimum absolute atomic E-state index is 0.405. The van der Waals surface area contributed by atoms with Crippen LogP contribution in [0.15, 0.2) is 35.9 Å². The normalized spacial score (nSPS) is 30.1. The molecule has 3 aliphatic rings. The van der Waals surface area contributed by atoms with Gasteiger partial charge in [0.05, 0.1) is 11.0 Å². The second-order valence-corrected chi connectivity index (χ2v) is 11.0. The van der Waals surface area contributed by atoms with E-state index in [0.717, 1.165) is 25.6 Å². The summed E-state index contributed by atoms with van der Waals surface area (Å²) in [7, 11) is 0. The maximum absolute atomic E-state index is 5.12. The number of benzene rings is 1. The molecule has 1 aliphatic carbocycles. The maximum atomic E-state index is 5.12. The van der Waals surface area contributed by atoms with Crippen molar-refractivity contribution in [3.05, 3.63) is 41.7 Å². The first-order chi connectivity index (χ1) is 14.9. The van der Waals surface area contributed by atoms with Crippen molar-refractivity contribution in [2.75, 3.05) is 32.7 Å². The van der Waals surface area contributed by atoms with E-state index in [-0.39, 0.29) is 0 Å². The lowest BCUT2D eigenvalue weighted by Gasteiger charge is -2.44.